The third-order valence-corrected chi connectivity index (χ3v) is 4.30. The molecule has 0 saturated carbocycles. The lowest BCUT2D eigenvalue weighted by Crippen LogP contribution is -2.15. The maximum Gasteiger partial charge on any atom is 0.289 e. The van der Waals surface area contributed by atoms with Crippen LogP contribution in [0.3, 0.4) is 0 Å². The highest BCUT2D eigenvalue weighted by Crippen LogP contribution is 2.34. The van der Waals surface area contributed by atoms with Gasteiger partial charge in [-0.3, -0.25) is 0 Å². The summed E-state index contributed by atoms with van der Waals surface area (Å²) < 4.78 is 24.0. The number of aromatic nitrogens is 2. The SMILES string of the molecule is CCOc1ccccc1NCn1nc(-c2ccc3c(c2)OCCO3)oc1=S. The van der Waals surface area contributed by atoms with Gasteiger partial charge in [0.1, 0.15) is 25.6 Å². The average Bonchev–Trinajstić information content (AvgIpc) is 3.08. The van der Waals surface area contributed by atoms with Crippen molar-refractivity contribution < 1.29 is 18.6 Å². The summed E-state index contributed by atoms with van der Waals surface area (Å²) in [6.45, 7) is 3.98. The predicted octanol–water partition coefficient (Wildman–Crippen LogP) is 4.11. The Balaban J connectivity index is 1.53. The lowest BCUT2D eigenvalue weighted by Gasteiger charge is -2.18. The van der Waals surface area contributed by atoms with Gasteiger partial charge in [0, 0.05) is 5.56 Å². The van der Waals surface area contributed by atoms with Crippen LogP contribution in [0.5, 0.6) is 17.2 Å². The van der Waals surface area contributed by atoms with Gasteiger partial charge >= 0.3 is 0 Å². The zero-order valence-electron chi connectivity index (χ0n) is 14.8. The van der Waals surface area contributed by atoms with Crippen molar-refractivity contribution in [3.05, 3.63) is 47.3 Å². The van der Waals surface area contributed by atoms with Crippen LogP contribution >= 0.6 is 12.2 Å². The smallest absolute Gasteiger partial charge is 0.289 e. The Bertz CT molecular complexity index is 999. The molecule has 2 aromatic carbocycles. The molecular formula is C19H19N3O4S. The first kappa shape index (κ1) is 17.4. The van der Waals surface area contributed by atoms with Gasteiger partial charge in [0.2, 0.25) is 5.89 Å². The Labute approximate surface area is 161 Å². The second-order valence-corrected chi connectivity index (χ2v) is 6.14. The molecule has 0 amide bonds. The molecule has 7 nitrogen and oxygen atoms in total. The Morgan fingerprint density at radius 1 is 1.15 bits per heavy atom. The molecule has 27 heavy (non-hydrogen) atoms. The highest BCUT2D eigenvalue weighted by atomic mass is 32.1. The van der Waals surface area contributed by atoms with E-state index in [9.17, 15) is 0 Å². The van der Waals surface area contributed by atoms with E-state index < -0.39 is 0 Å². The van der Waals surface area contributed by atoms with Gasteiger partial charge in [-0.15, -0.1) is 5.10 Å². The minimum atomic E-state index is 0.279. The molecule has 8 heteroatoms. The van der Waals surface area contributed by atoms with Crippen LogP contribution < -0.4 is 19.5 Å². The summed E-state index contributed by atoms with van der Waals surface area (Å²) in [7, 11) is 0. The van der Waals surface area contributed by atoms with Crippen LogP contribution in [0, 0.1) is 4.84 Å². The molecule has 0 spiro atoms. The van der Waals surface area contributed by atoms with Gasteiger partial charge in [0.05, 0.1) is 12.3 Å². The molecule has 0 fully saturated rings. The van der Waals surface area contributed by atoms with E-state index >= 15 is 0 Å². The molecule has 0 bridgehead atoms. The highest BCUT2D eigenvalue weighted by molar-refractivity contribution is 7.71. The molecule has 1 N–H and O–H groups in total. The third kappa shape index (κ3) is 3.75. The van der Waals surface area contributed by atoms with E-state index in [-0.39, 0.29) is 4.84 Å². The molecule has 0 radical (unpaired) electrons. The molecule has 1 aliphatic rings. The number of rotatable bonds is 6. The van der Waals surface area contributed by atoms with Crippen LogP contribution in [0.15, 0.2) is 46.9 Å². The van der Waals surface area contributed by atoms with E-state index in [2.05, 4.69) is 10.4 Å². The minimum Gasteiger partial charge on any atom is -0.492 e. The molecule has 4 rings (SSSR count). The van der Waals surface area contributed by atoms with Gasteiger partial charge in [-0.05, 0) is 49.5 Å². The molecular weight excluding hydrogens is 366 g/mol. The maximum atomic E-state index is 5.66. The molecule has 0 saturated heterocycles. The maximum absolute atomic E-state index is 5.66. The number of ether oxygens (including phenoxy) is 3. The first-order valence-electron chi connectivity index (χ1n) is 8.68. The number of hydrogen-bond acceptors (Lipinski definition) is 7. The number of nitrogens with one attached hydrogen (secondary N) is 1. The van der Waals surface area contributed by atoms with E-state index in [1.165, 1.54) is 0 Å². The third-order valence-electron chi connectivity index (χ3n) is 4.00. The largest absolute Gasteiger partial charge is 0.492 e. The molecule has 140 valence electrons. The van der Waals surface area contributed by atoms with Crippen LogP contribution in [0.25, 0.3) is 11.5 Å². The van der Waals surface area contributed by atoms with E-state index in [0.29, 0.717) is 38.1 Å². The second kappa shape index (κ2) is 7.71. The van der Waals surface area contributed by atoms with Crippen molar-refractivity contribution >= 4 is 17.9 Å². The predicted molar refractivity (Wildman–Crippen MR) is 103 cm³/mol. The molecule has 0 unspecified atom stereocenters. The Kier molecular flexibility index (Phi) is 4.97. The van der Waals surface area contributed by atoms with Crippen LogP contribution in [-0.4, -0.2) is 29.6 Å². The Morgan fingerprint density at radius 2 is 1.96 bits per heavy atom. The fourth-order valence-corrected chi connectivity index (χ4v) is 2.94. The average molecular weight is 385 g/mol. The summed E-state index contributed by atoms with van der Waals surface area (Å²) in [4.78, 5) is 0.279. The number of fused-ring (bicyclic) bond motifs is 1. The Hall–Kier alpha value is -3.00. The standard InChI is InChI=1S/C19H19N3O4S/c1-2-23-15-6-4-3-5-14(15)20-12-22-19(27)26-18(21-22)13-7-8-16-17(11-13)25-10-9-24-16/h3-8,11,20H,2,9-10,12H2,1H3. The van der Waals surface area contributed by atoms with Crippen molar-refractivity contribution in [2.45, 2.75) is 13.6 Å². The van der Waals surface area contributed by atoms with Crippen molar-refractivity contribution in [1.82, 2.24) is 9.78 Å². The number of anilines is 1. The Morgan fingerprint density at radius 3 is 2.81 bits per heavy atom. The van der Waals surface area contributed by atoms with Gasteiger partial charge in [-0.1, -0.05) is 12.1 Å². The summed E-state index contributed by atoms with van der Waals surface area (Å²) in [6.07, 6.45) is 0. The quantitative estimate of drug-likeness (QED) is 0.640. The molecule has 3 aromatic rings. The highest BCUT2D eigenvalue weighted by Gasteiger charge is 2.15. The summed E-state index contributed by atoms with van der Waals surface area (Å²) >= 11 is 5.30. The first-order chi connectivity index (χ1) is 13.2. The second-order valence-electron chi connectivity index (χ2n) is 5.80. The van der Waals surface area contributed by atoms with Crippen LogP contribution in [0.1, 0.15) is 6.92 Å². The first-order valence-corrected chi connectivity index (χ1v) is 9.09. The summed E-state index contributed by atoms with van der Waals surface area (Å²) in [5, 5.41) is 7.74. The number of nitrogens with zero attached hydrogens (tertiary/aromatic N) is 2. The van der Waals surface area contributed by atoms with E-state index in [1.54, 1.807) is 4.68 Å². The van der Waals surface area contributed by atoms with E-state index in [0.717, 1.165) is 22.7 Å². The lowest BCUT2D eigenvalue weighted by atomic mass is 10.2. The summed E-state index contributed by atoms with van der Waals surface area (Å²) in [6, 6.07) is 13.3. The van der Waals surface area contributed by atoms with E-state index in [4.69, 9.17) is 30.8 Å². The van der Waals surface area contributed by atoms with Gasteiger partial charge < -0.3 is 23.9 Å². The monoisotopic (exact) mass is 385 g/mol. The van der Waals surface area contributed by atoms with Crippen LogP contribution in [0.4, 0.5) is 5.69 Å². The van der Waals surface area contributed by atoms with Crippen molar-refractivity contribution in [2.75, 3.05) is 25.1 Å². The summed E-state index contributed by atoms with van der Waals surface area (Å²) in [5.74, 6) is 2.61. The number of para-hydroxylation sites is 2. The lowest BCUT2D eigenvalue weighted by molar-refractivity contribution is 0.171. The molecule has 0 atom stereocenters. The fraction of sp³-hybridized carbons (Fsp3) is 0.263. The van der Waals surface area contributed by atoms with Crippen molar-refractivity contribution in [2.24, 2.45) is 0 Å². The minimum absolute atomic E-state index is 0.279. The molecule has 2 heterocycles. The van der Waals surface area contributed by atoms with Crippen molar-refractivity contribution in [1.29, 1.82) is 0 Å². The molecule has 1 aromatic heterocycles. The van der Waals surface area contributed by atoms with Crippen LogP contribution in [-0.2, 0) is 6.67 Å². The molecule has 0 aliphatic carbocycles. The van der Waals surface area contributed by atoms with E-state index in [1.807, 2.05) is 49.4 Å². The molecule has 1 aliphatic heterocycles. The number of benzene rings is 2. The van der Waals surface area contributed by atoms with Crippen molar-refractivity contribution in [3.8, 4) is 28.7 Å². The van der Waals surface area contributed by atoms with Gasteiger partial charge in [-0.2, -0.15) is 0 Å². The zero-order valence-corrected chi connectivity index (χ0v) is 15.6. The topological polar surface area (TPSA) is 70.7 Å². The number of hydrogen-bond donors (Lipinski definition) is 1. The van der Waals surface area contributed by atoms with Crippen LogP contribution in [0.2, 0.25) is 0 Å². The van der Waals surface area contributed by atoms with Gasteiger partial charge in [0.25, 0.3) is 4.84 Å². The summed E-state index contributed by atoms with van der Waals surface area (Å²) in [5.41, 5.74) is 1.64. The fourth-order valence-electron chi connectivity index (χ4n) is 2.75. The zero-order chi connectivity index (χ0) is 18.6. The normalized spacial score (nSPS) is 12.6. The van der Waals surface area contributed by atoms with Gasteiger partial charge in [0.15, 0.2) is 11.5 Å². The van der Waals surface area contributed by atoms with Gasteiger partial charge in [-0.25, -0.2) is 4.68 Å². The van der Waals surface area contributed by atoms with Crippen molar-refractivity contribution in [3.63, 3.8) is 0 Å².